The maximum atomic E-state index is 12.8. The van der Waals surface area contributed by atoms with Gasteiger partial charge in [-0.25, -0.2) is 14.4 Å². The van der Waals surface area contributed by atoms with Crippen LogP contribution in [0.25, 0.3) is 0 Å². The van der Waals surface area contributed by atoms with E-state index in [1.54, 1.807) is 18.2 Å². The van der Waals surface area contributed by atoms with Crippen molar-refractivity contribution in [1.29, 1.82) is 0 Å². The van der Waals surface area contributed by atoms with Crippen LogP contribution in [0.2, 0.25) is 0 Å². The van der Waals surface area contributed by atoms with Gasteiger partial charge < -0.3 is 10.6 Å². The van der Waals surface area contributed by atoms with E-state index in [1.165, 1.54) is 18.5 Å². The van der Waals surface area contributed by atoms with Crippen LogP contribution in [0.15, 0.2) is 36.7 Å². The van der Waals surface area contributed by atoms with E-state index in [1.807, 2.05) is 0 Å². The maximum absolute atomic E-state index is 12.8. The summed E-state index contributed by atoms with van der Waals surface area (Å²) in [5, 5.41) is 5.90. The van der Waals surface area contributed by atoms with Gasteiger partial charge >= 0.3 is 0 Å². The number of benzene rings is 1. The molecule has 1 heterocycles. The van der Waals surface area contributed by atoms with Crippen LogP contribution in [0.3, 0.4) is 0 Å². The summed E-state index contributed by atoms with van der Waals surface area (Å²) in [6.45, 7) is 3.31. The van der Waals surface area contributed by atoms with Crippen molar-refractivity contribution in [3.8, 4) is 0 Å². The molecule has 0 radical (unpaired) electrons. The lowest BCUT2D eigenvalue weighted by molar-refractivity contribution is 0.0949. The first-order valence-corrected chi connectivity index (χ1v) is 7.27. The Kier molecular flexibility index (Phi) is 5.82. The zero-order valence-electron chi connectivity index (χ0n) is 12.5. The van der Waals surface area contributed by atoms with Crippen LogP contribution in [0, 0.1) is 5.82 Å². The Morgan fingerprint density at radius 3 is 2.68 bits per heavy atom. The summed E-state index contributed by atoms with van der Waals surface area (Å²) in [5.41, 5.74) is 1.29. The lowest BCUT2D eigenvalue weighted by atomic mass is 10.1. The molecule has 5 nitrogen and oxygen atoms in total. The fraction of sp³-hybridized carbons (Fsp3) is 0.312. The largest absolute Gasteiger partial charge is 0.370 e. The van der Waals surface area contributed by atoms with Gasteiger partial charge in [-0.1, -0.05) is 19.1 Å². The number of hydrogen-bond acceptors (Lipinski definition) is 4. The summed E-state index contributed by atoms with van der Waals surface area (Å²) < 4.78 is 12.8. The Morgan fingerprint density at radius 2 is 1.95 bits per heavy atom. The molecule has 1 aromatic heterocycles. The number of carbonyl (C=O) groups excluding carboxylic acids is 1. The average molecular weight is 302 g/mol. The number of carbonyl (C=O) groups is 1. The van der Waals surface area contributed by atoms with Crippen molar-refractivity contribution in [2.75, 3.05) is 18.4 Å². The molecular formula is C16H19FN4O. The zero-order chi connectivity index (χ0) is 15.8. The van der Waals surface area contributed by atoms with Crippen molar-refractivity contribution >= 4 is 11.7 Å². The smallest absolute Gasteiger partial charge is 0.270 e. The van der Waals surface area contributed by atoms with Crippen LogP contribution in [0.1, 0.15) is 29.4 Å². The Bertz CT molecular complexity index is 616. The highest BCUT2D eigenvalue weighted by Crippen LogP contribution is 2.05. The minimum Gasteiger partial charge on any atom is -0.370 e. The molecule has 0 saturated heterocycles. The molecule has 0 saturated carbocycles. The standard InChI is InChI=1S/C16H19FN4O/c1-2-8-18-15-10-14(20-11-21-15)16(22)19-9-7-12-3-5-13(17)6-4-12/h3-6,10-11H,2,7-9H2,1H3,(H,19,22)(H,18,20,21). The summed E-state index contributed by atoms with van der Waals surface area (Å²) in [7, 11) is 0. The highest BCUT2D eigenvalue weighted by atomic mass is 19.1. The first kappa shape index (κ1) is 15.9. The van der Waals surface area contributed by atoms with Gasteiger partial charge in [0.05, 0.1) is 0 Å². The van der Waals surface area contributed by atoms with Crippen molar-refractivity contribution in [3.63, 3.8) is 0 Å². The number of nitrogens with zero attached hydrogens (tertiary/aromatic N) is 2. The Balaban J connectivity index is 1.85. The summed E-state index contributed by atoms with van der Waals surface area (Å²) in [6.07, 6.45) is 2.98. The molecule has 0 aliphatic heterocycles. The molecule has 0 bridgehead atoms. The molecule has 116 valence electrons. The van der Waals surface area contributed by atoms with Gasteiger partial charge in [0, 0.05) is 19.2 Å². The number of amides is 1. The van der Waals surface area contributed by atoms with Gasteiger partial charge in [-0.2, -0.15) is 0 Å². The second kappa shape index (κ2) is 8.07. The molecule has 0 spiro atoms. The quantitative estimate of drug-likeness (QED) is 0.824. The number of halogens is 1. The Labute approximate surface area is 129 Å². The molecule has 22 heavy (non-hydrogen) atoms. The van der Waals surface area contributed by atoms with Crippen molar-refractivity contribution in [3.05, 3.63) is 53.7 Å². The second-order valence-corrected chi connectivity index (χ2v) is 4.85. The Morgan fingerprint density at radius 1 is 1.18 bits per heavy atom. The highest BCUT2D eigenvalue weighted by Gasteiger charge is 2.08. The maximum Gasteiger partial charge on any atom is 0.270 e. The summed E-state index contributed by atoms with van der Waals surface area (Å²) in [5.74, 6) is 0.130. The molecule has 0 fully saturated rings. The molecule has 1 amide bonds. The van der Waals surface area contributed by atoms with Gasteiger partial charge in [0.1, 0.15) is 23.7 Å². The summed E-state index contributed by atoms with van der Waals surface area (Å²) >= 11 is 0. The summed E-state index contributed by atoms with van der Waals surface area (Å²) in [6, 6.07) is 7.86. The van der Waals surface area contributed by atoms with Crippen molar-refractivity contribution < 1.29 is 9.18 Å². The zero-order valence-corrected chi connectivity index (χ0v) is 12.5. The molecule has 2 aromatic rings. The SMILES string of the molecule is CCCNc1cc(C(=O)NCCc2ccc(F)cc2)ncn1. The number of hydrogen-bond donors (Lipinski definition) is 2. The van der Waals surface area contributed by atoms with Crippen LogP contribution < -0.4 is 10.6 Å². The molecule has 6 heteroatoms. The van der Waals surface area contributed by atoms with E-state index in [2.05, 4.69) is 27.5 Å². The van der Waals surface area contributed by atoms with Crippen molar-refractivity contribution in [2.45, 2.75) is 19.8 Å². The average Bonchev–Trinajstić information content (AvgIpc) is 2.55. The fourth-order valence-corrected chi connectivity index (χ4v) is 1.89. The summed E-state index contributed by atoms with van der Waals surface area (Å²) in [4.78, 5) is 20.1. The lowest BCUT2D eigenvalue weighted by Gasteiger charge is -2.07. The second-order valence-electron chi connectivity index (χ2n) is 4.85. The molecule has 0 aliphatic rings. The van der Waals surface area contributed by atoms with Gasteiger partial charge in [-0.3, -0.25) is 4.79 Å². The van der Waals surface area contributed by atoms with Gasteiger partial charge in [-0.05, 0) is 30.5 Å². The molecule has 0 aliphatic carbocycles. The van der Waals surface area contributed by atoms with E-state index in [-0.39, 0.29) is 11.7 Å². The van der Waals surface area contributed by atoms with E-state index >= 15 is 0 Å². The first-order valence-electron chi connectivity index (χ1n) is 7.27. The molecular weight excluding hydrogens is 283 g/mol. The van der Waals surface area contributed by atoms with Crippen molar-refractivity contribution in [2.24, 2.45) is 0 Å². The van der Waals surface area contributed by atoms with E-state index in [0.29, 0.717) is 24.5 Å². The fourth-order valence-electron chi connectivity index (χ4n) is 1.89. The van der Waals surface area contributed by atoms with Crippen LogP contribution >= 0.6 is 0 Å². The normalized spacial score (nSPS) is 10.3. The monoisotopic (exact) mass is 302 g/mol. The molecule has 2 rings (SSSR count). The van der Waals surface area contributed by atoms with E-state index < -0.39 is 0 Å². The highest BCUT2D eigenvalue weighted by molar-refractivity contribution is 5.92. The number of anilines is 1. The third-order valence-corrected chi connectivity index (χ3v) is 3.07. The minimum absolute atomic E-state index is 0.246. The van der Waals surface area contributed by atoms with Gasteiger partial charge in [-0.15, -0.1) is 0 Å². The topological polar surface area (TPSA) is 66.9 Å². The lowest BCUT2D eigenvalue weighted by Crippen LogP contribution is -2.26. The van der Waals surface area contributed by atoms with Crippen molar-refractivity contribution in [1.82, 2.24) is 15.3 Å². The van der Waals surface area contributed by atoms with Gasteiger partial charge in [0.15, 0.2) is 0 Å². The first-order chi connectivity index (χ1) is 10.7. The predicted octanol–water partition coefficient (Wildman–Crippen LogP) is 2.41. The molecule has 0 atom stereocenters. The number of rotatable bonds is 7. The van der Waals surface area contributed by atoms with Crippen LogP contribution in [0.5, 0.6) is 0 Å². The third kappa shape index (κ3) is 4.80. The number of nitrogens with one attached hydrogen (secondary N) is 2. The third-order valence-electron chi connectivity index (χ3n) is 3.07. The molecule has 2 N–H and O–H groups in total. The minimum atomic E-state index is -0.263. The van der Waals surface area contributed by atoms with Crippen LogP contribution in [-0.2, 0) is 6.42 Å². The molecule has 0 unspecified atom stereocenters. The van der Waals surface area contributed by atoms with Gasteiger partial charge in [0.25, 0.3) is 5.91 Å². The number of aromatic nitrogens is 2. The molecule has 1 aromatic carbocycles. The Hall–Kier alpha value is -2.50. The van der Waals surface area contributed by atoms with Crippen LogP contribution in [0.4, 0.5) is 10.2 Å². The predicted molar refractivity (Wildman–Crippen MR) is 83.2 cm³/mol. The van der Waals surface area contributed by atoms with E-state index in [0.717, 1.165) is 18.5 Å². The van der Waals surface area contributed by atoms with Crippen LogP contribution in [-0.4, -0.2) is 29.0 Å². The van der Waals surface area contributed by atoms with E-state index in [4.69, 9.17) is 0 Å². The van der Waals surface area contributed by atoms with Gasteiger partial charge in [0.2, 0.25) is 0 Å². The van der Waals surface area contributed by atoms with E-state index in [9.17, 15) is 9.18 Å².